The van der Waals surface area contributed by atoms with E-state index < -0.39 is 12.1 Å². The minimum Gasteiger partial charge on any atom is -0.479 e. The van der Waals surface area contributed by atoms with Crippen LogP contribution < -0.4 is 5.32 Å². The van der Waals surface area contributed by atoms with Crippen LogP contribution in [0.2, 0.25) is 0 Å². The standard InChI is InChI=1S/C10H17NO4/c12-8(10(14)15)6-11-9(13)5-7-3-1-2-4-7/h7-8,12H,1-6H2,(H,11,13)(H,14,15). The van der Waals surface area contributed by atoms with Crippen molar-refractivity contribution in [3.05, 3.63) is 0 Å². The molecule has 0 aromatic heterocycles. The van der Waals surface area contributed by atoms with Gasteiger partial charge in [0.15, 0.2) is 6.10 Å². The van der Waals surface area contributed by atoms with Crippen molar-refractivity contribution in [2.45, 2.75) is 38.2 Å². The van der Waals surface area contributed by atoms with Gasteiger partial charge in [-0.15, -0.1) is 0 Å². The highest BCUT2D eigenvalue weighted by Gasteiger charge is 2.19. The van der Waals surface area contributed by atoms with Crippen LogP contribution in [0, 0.1) is 5.92 Å². The molecular weight excluding hydrogens is 198 g/mol. The number of carbonyl (C=O) groups is 2. The molecule has 1 saturated carbocycles. The highest BCUT2D eigenvalue weighted by molar-refractivity contribution is 5.78. The van der Waals surface area contributed by atoms with Crippen molar-refractivity contribution in [2.75, 3.05) is 6.54 Å². The lowest BCUT2D eigenvalue weighted by Crippen LogP contribution is -2.37. The Morgan fingerprint density at radius 2 is 1.93 bits per heavy atom. The Morgan fingerprint density at radius 1 is 1.33 bits per heavy atom. The quantitative estimate of drug-likeness (QED) is 0.608. The second-order valence-corrected chi connectivity index (χ2v) is 4.01. The van der Waals surface area contributed by atoms with Gasteiger partial charge in [-0.3, -0.25) is 4.79 Å². The first kappa shape index (κ1) is 12.0. The van der Waals surface area contributed by atoms with Crippen LogP contribution in [0.3, 0.4) is 0 Å². The molecule has 1 fully saturated rings. The number of carboxylic acids is 1. The fraction of sp³-hybridized carbons (Fsp3) is 0.800. The van der Waals surface area contributed by atoms with Crippen LogP contribution in [-0.4, -0.2) is 34.7 Å². The maximum atomic E-state index is 11.3. The van der Waals surface area contributed by atoms with Gasteiger partial charge in [-0.05, 0) is 18.8 Å². The Kier molecular flexibility index (Phi) is 4.55. The first-order valence-electron chi connectivity index (χ1n) is 5.27. The first-order chi connectivity index (χ1) is 7.09. The van der Waals surface area contributed by atoms with Crippen molar-refractivity contribution < 1.29 is 19.8 Å². The molecule has 0 aromatic carbocycles. The van der Waals surface area contributed by atoms with Crippen LogP contribution in [0.5, 0.6) is 0 Å². The lowest BCUT2D eigenvalue weighted by molar-refractivity contribution is -0.146. The predicted molar refractivity (Wildman–Crippen MR) is 53.2 cm³/mol. The summed E-state index contributed by atoms with van der Waals surface area (Å²) in [5.41, 5.74) is 0. The third-order valence-corrected chi connectivity index (χ3v) is 2.73. The summed E-state index contributed by atoms with van der Waals surface area (Å²) in [6, 6.07) is 0. The van der Waals surface area contributed by atoms with Gasteiger partial charge < -0.3 is 15.5 Å². The van der Waals surface area contributed by atoms with E-state index in [2.05, 4.69) is 5.32 Å². The van der Waals surface area contributed by atoms with Gasteiger partial charge in [0.25, 0.3) is 0 Å². The number of aliphatic carboxylic acids is 1. The van der Waals surface area contributed by atoms with Crippen molar-refractivity contribution >= 4 is 11.9 Å². The summed E-state index contributed by atoms with van der Waals surface area (Å²) in [6.07, 6.45) is 3.46. The molecular formula is C10H17NO4. The van der Waals surface area contributed by atoms with E-state index in [9.17, 15) is 9.59 Å². The molecule has 86 valence electrons. The van der Waals surface area contributed by atoms with E-state index in [1.54, 1.807) is 0 Å². The summed E-state index contributed by atoms with van der Waals surface area (Å²) in [4.78, 5) is 21.6. The Balaban J connectivity index is 2.15. The van der Waals surface area contributed by atoms with E-state index in [4.69, 9.17) is 10.2 Å². The van der Waals surface area contributed by atoms with E-state index in [0.717, 1.165) is 12.8 Å². The number of nitrogens with one attached hydrogen (secondary N) is 1. The molecule has 3 N–H and O–H groups in total. The van der Waals surface area contributed by atoms with Gasteiger partial charge in [0, 0.05) is 6.42 Å². The summed E-state index contributed by atoms with van der Waals surface area (Å²) in [5, 5.41) is 19.7. The molecule has 0 bridgehead atoms. The third-order valence-electron chi connectivity index (χ3n) is 2.73. The summed E-state index contributed by atoms with van der Waals surface area (Å²) >= 11 is 0. The van der Waals surface area contributed by atoms with Crippen molar-refractivity contribution in [3.63, 3.8) is 0 Å². The molecule has 5 heteroatoms. The van der Waals surface area contributed by atoms with Gasteiger partial charge in [0.2, 0.25) is 5.91 Å². The topological polar surface area (TPSA) is 86.6 Å². The molecule has 1 unspecified atom stereocenters. The Bertz CT molecular complexity index is 236. The molecule has 1 amide bonds. The highest BCUT2D eigenvalue weighted by Crippen LogP contribution is 2.27. The van der Waals surface area contributed by atoms with Gasteiger partial charge in [0.05, 0.1) is 6.54 Å². The molecule has 15 heavy (non-hydrogen) atoms. The zero-order valence-electron chi connectivity index (χ0n) is 8.61. The van der Waals surface area contributed by atoms with Crippen LogP contribution >= 0.6 is 0 Å². The number of amides is 1. The summed E-state index contributed by atoms with van der Waals surface area (Å²) < 4.78 is 0. The number of hydrogen-bond donors (Lipinski definition) is 3. The van der Waals surface area contributed by atoms with Gasteiger partial charge in [-0.2, -0.15) is 0 Å². The van der Waals surface area contributed by atoms with Gasteiger partial charge in [-0.1, -0.05) is 12.8 Å². The molecule has 1 aliphatic rings. The first-order valence-corrected chi connectivity index (χ1v) is 5.27. The monoisotopic (exact) mass is 215 g/mol. The van der Waals surface area contributed by atoms with E-state index in [-0.39, 0.29) is 12.5 Å². The van der Waals surface area contributed by atoms with Crippen LogP contribution in [-0.2, 0) is 9.59 Å². The fourth-order valence-corrected chi connectivity index (χ4v) is 1.85. The maximum absolute atomic E-state index is 11.3. The zero-order valence-corrected chi connectivity index (χ0v) is 8.61. The third kappa shape index (κ3) is 4.29. The molecule has 0 saturated heterocycles. The van der Waals surface area contributed by atoms with Gasteiger partial charge in [-0.25, -0.2) is 4.79 Å². The summed E-state index contributed by atoms with van der Waals surface area (Å²) in [5.74, 6) is -1.04. The summed E-state index contributed by atoms with van der Waals surface area (Å²) in [7, 11) is 0. The van der Waals surface area contributed by atoms with Crippen LogP contribution in [0.1, 0.15) is 32.1 Å². The smallest absolute Gasteiger partial charge is 0.334 e. The Morgan fingerprint density at radius 3 is 2.47 bits per heavy atom. The molecule has 0 aromatic rings. The molecule has 0 radical (unpaired) electrons. The SMILES string of the molecule is O=C(CC1CCCC1)NCC(O)C(=O)O. The van der Waals surface area contributed by atoms with E-state index >= 15 is 0 Å². The van der Waals surface area contributed by atoms with Crippen molar-refractivity contribution in [1.29, 1.82) is 0 Å². The number of hydrogen-bond acceptors (Lipinski definition) is 3. The minimum atomic E-state index is -1.50. The Labute approximate surface area is 88.5 Å². The zero-order chi connectivity index (χ0) is 11.3. The molecule has 0 aliphatic heterocycles. The van der Waals surface area contributed by atoms with Crippen LogP contribution in [0.25, 0.3) is 0 Å². The second-order valence-electron chi connectivity index (χ2n) is 4.01. The number of carbonyl (C=O) groups excluding carboxylic acids is 1. The van der Waals surface area contributed by atoms with Crippen LogP contribution in [0.4, 0.5) is 0 Å². The van der Waals surface area contributed by atoms with Crippen LogP contribution in [0.15, 0.2) is 0 Å². The summed E-state index contributed by atoms with van der Waals surface area (Å²) in [6.45, 7) is -0.207. The number of carboxylic acid groups (broad SMARTS) is 1. The Hall–Kier alpha value is -1.10. The average molecular weight is 215 g/mol. The largest absolute Gasteiger partial charge is 0.479 e. The van der Waals surface area contributed by atoms with Crippen molar-refractivity contribution in [1.82, 2.24) is 5.32 Å². The fourth-order valence-electron chi connectivity index (χ4n) is 1.85. The number of rotatable bonds is 5. The molecule has 0 heterocycles. The number of aliphatic hydroxyl groups is 1. The van der Waals surface area contributed by atoms with E-state index in [1.807, 2.05) is 0 Å². The lowest BCUT2D eigenvalue weighted by Gasteiger charge is -2.10. The predicted octanol–water partition coefficient (Wildman–Crippen LogP) is 0.128. The minimum absolute atomic E-state index is 0.165. The average Bonchev–Trinajstić information content (AvgIpc) is 2.66. The molecule has 5 nitrogen and oxygen atoms in total. The maximum Gasteiger partial charge on any atom is 0.334 e. The molecule has 1 aliphatic carbocycles. The molecule has 0 spiro atoms. The van der Waals surface area contributed by atoms with Crippen molar-refractivity contribution in [3.8, 4) is 0 Å². The highest BCUT2D eigenvalue weighted by atomic mass is 16.4. The van der Waals surface area contributed by atoms with Gasteiger partial charge in [0.1, 0.15) is 0 Å². The van der Waals surface area contributed by atoms with E-state index in [0.29, 0.717) is 12.3 Å². The lowest BCUT2D eigenvalue weighted by atomic mass is 10.0. The van der Waals surface area contributed by atoms with Crippen molar-refractivity contribution in [2.24, 2.45) is 5.92 Å². The van der Waals surface area contributed by atoms with E-state index in [1.165, 1.54) is 12.8 Å². The van der Waals surface area contributed by atoms with Gasteiger partial charge >= 0.3 is 5.97 Å². The number of aliphatic hydroxyl groups excluding tert-OH is 1. The molecule has 1 rings (SSSR count). The normalized spacial score (nSPS) is 18.7. The second kappa shape index (κ2) is 5.70. The molecule has 1 atom stereocenters.